The summed E-state index contributed by atoms with van der Waals surface area (Å²) in [5.41, 5.74) is 0.881. The summed E-state index contributed by atoms with van der Waals surface area (Å²) in [6.45, 7) is 0.504. The molecule has 0 aliphatic carbocycles. The number of nitriles is 1. The molecule has 0 spiro atoms. The molecule has 0 amide bonds. The van der Waals surface area contributed by atoms with E-state index in [2.05, 4.69) is 16.2 Å². The molecule has 1 aromatic carbocycles. The molecule has 114 valence electrons. The topological polar surface area (TPSA) is 66.4 Å². The van der Waals surface area contributed by atoms with E-state index >= 15 is 0 Å². The first-order valence-electron chi connectivity index (χ1n) is 7.06. The molecule has 22 heavy (non-hydrogen) atoms. The van der Waals surface area contributed by atoms with Crippen LogP contribution in [-0.4, -0.2) is 41.1 Å². The van der Waals surface area contributed by atoms with Gasteiger partial charge in [-0.15, -0.1) is 0 Å². The van der Waals surface area contributed by atoms with Crippen LogP contribution in [0.5, 0.6) is 5.75 Å². The Morgan fingerprint density at radius 3 is 2.91 bits per heavy atom. The Bertz CT molecular complexity index is 655. The number of nitrogens with zero attached hydrogens (tertiary/aromatic N) is 5. The summed E-state index contributed by atoms with van der Waals surface area (Å²) in [4.78, 5) is 4.08. The maximum Gasteiger partial charge on any atom is 0.168 e. The van der Waals surface area contributed by atoms with Gasteiger partial charge in [-0.25, -0.2) is 4.98 Å². The van der Waals surface area contributed by atoms with E-state index in [9.17, 15) is 0 Å². The first-order valence-corrected chi connectivity index (χ1v) is 7.06. The summed E-state index contributed by atoms with van der Waals surface area (Å²) >= 11 is 0. The Morgan fingerprint density at radius 2 is 2.23 bits per heavy atom. The van der Waals surface area contributed by atoms with Gasteiger partial charge in [-0.3, -0.25) is 4.57 Å². The molecule has 6 heteroatoms. The number of ether oxygens (including phenoxy) is 1. The molecule has 0 atom stereocenters. The third-order valence-electron chi connectivity index (χ3n) is 2.86. The standard InChI is InChI=1S/C16H19N5O/c1-20(2)19-16(21-11-10-18-13-21)14-7-3-4-8-15(14)22-12-6-5-9-17/h3-4,7-8,10-11,13H,5-6,12H2,1-2H3. The second-order valence-corrected chi connectivity index (χ2v) is 4.85. The molecule has 2 rings (SSSR count). The Morgan fingerprint density at radius 1 is 1.41 bits per heavy atom. The van der Waals surface area contributed by atoms with Gasteiger partial charge in [0.25, 0.3) is 0 Å². The van der Waals surface area contributed by atoms with E-state index in [4.69, 9.17) is 10.00 Å². The fourth-order valence-corrected chi connectivity index (χ4v) is 1.93. The Labute approximate surface area is 130 Å². The quantitative estimate of drug-likeness (QED) is 0.355. The van der Waals surface area contributed by atoms with Crippen LogP contribution in [0.3, 0.4) is 0 Å². The number of benzene rings is 1. The van der Waals surface area contributed by atoms with Crippen molar-refractivity contribution in [2.24, 2.45) is 5.10 Å². The number of para-hydroxylation sites is 1. The molecule has 1 heterocycles. The van der Waals surface area contributed by atoms with Gasteiger partial charge in [0, 0.05) is 32.9 Å². The van der Waals surface area contributed by atoms with Crippen LogP contribution in [-0.2, 0) is 0 Å². The van der Waals surface area contributed by atoms with E-state index in [0.29, 0.717) is 19.4 Å². The smallest absolute Gasteiger partial charge is 0.168 e. The maximum absolute atomic E-state index is 8.59. The van der Waals surface area contributed by atoms with Gasteiger partial charge < -0.3 is 9.75 Å². The summed E-state index contributed by atoms with van der Waals surface area (Å²) < 4.78 is 7.66. The monoisotopic (exact) mass is 297 g/mol. The van der Waals surface area contributed by atoms with Crippen LogP contribution in [0.1, 0.15) is 18.4 Å². The molecule has 0 radical (unpaired) electrons. The van der Waals surface area contributed by atoms with Gasteiger partial charge in [0.05, 0.1) is 18.2 Å². The van der Waals surface area contributed by atoms with Gasteiger partial charge in [0.2, 0.25) is 0 Å². The van der Waals surface area contributed by atoms with E-state index in [-0.39, 0.29) is 0 Å². The lowest BCUT2D eigenvalue weighted by Crippen LogP contribution is -2.18. The number of unbranched alkanes of at least 4 members (excludes halogenated alkanes) is 1. The summed E-state index contributed by atoms with van der Waals surface area (Å²) in [5, 5.41) is 14.9. The predicted molar refractivity (Wildman–Crippen MR) is 84.6 cm³/mol. The van der Waals surface area contributed by atoms with Crippen molar-refractivity contribution in [3.63, 3.8) is 0 Å². The van der Waals surface area contributed by atoms with Gasteiger partial charge >= 0.3 is 0 Å². The predicted octanol–water partition coefficient (Wildman–Crippen LogP) is 2.34. The minimum atomic E-state index is 0.488. The van der Waals surface area contributed by atoms with E-state index in [1.807, 2.05) is 49.1 Å². The number of hydrazone groups is 1. The molecule has 6 nitrogen and oxygen atoms in total. The van der Waals surface area contributed by atoms with Gasteiger partial charge in [0.15, 0.2) is 5.84 Å². The Kier molecular flexibility index (Phi) is 5.55. The summed E-state index contributed by atoms with van der Waals surface area (Å²) in [5.74, 6) is 1.48. The number of hydrogen-bond acceptors (Lipinski definition) is 5. The van der Waals surface area contributed by atoms with Crippen LogP contribution in [0.4, 0.5) is 0 Å². The lowest BCUT2D eigenvalue weighted by molar-refractivity contribution is 0.312. The molecule has 0 aliphatic heterocycles. The zero-order valence-corrected chi connectivity index (χ0v) is 12.8. The fraction of sp³-hybridized carbons (Fsp3) is 0.312. The molecule has 0 fully saturated rings. The zero-order valence-electron chi connectivity index (χ0n) is 12.8. The summed E-state index contributed by atoms with van der Waals surface area (Å²) in [7, 11) is 3.74. The Hall–Kier alpha value is -2.81. The van der Waals surface area contributed by atoms with Crippen LogP contribution in [0.25, 0.3) is 0 Å². The van der Waals surface area contributed by atoms with Crippen molar-refractivity contribution in [2.45, 2.75) is 12.8 Å². The molecule has 1 aromatic heterocycles. The lowest BCUT2D eigenvalue weighted by Gasteiger charge is -2.15. The number of aromatic nitrogens is 2. The van der Waals surface area contributed by atoms with Crippen LogP contribution in [0.2, 0.25) is 0 Å². The molecule has 0 bridgehead atoms. The van der Waals surface area contributed by atoms with Crippen molar-refractivity contribution in [3.8, 4) is 11.8 Å². The number of imidazole rings is 1. The molecule has 0 unspecified atom stereocenters. The van der Waals surface area contributed by atoms with Crippen molar-refractivity contribution in [1.29, 1.82) is 5.26 Å². The van der Waals surface area contributed by atoms with E-state index in [1.54, 1.807) is 17.5 Å². The SMILES string of the molecule is CN(C)N=C(c1ccccc1OCCCC#N)n1ccnc1. The largest absolute Gasteiger partial charge is 0.493 e. The van der Waals surface area contributed by atoms with Crippen molar-refractivity contribution in [3.05, 3.63) is 48.5 Å². The third kappa shape index (κ3) is 4.09. The van der Waals surface area contributed by atoms with Crippen LogP contribution < -0.4 is 4.74 Å². The van der Waals surface area contributed by atoms with Gasteiger partial charge in [-0.05, 0) is 18.6 Å². The number of rotatable bonds is 6. The maximum atomic E-state index is 8.59. The molecule has 0 N–H and O–H groups in total. The van der Waals surface area contributed by atoms with Crippen molar-refractivity contribution in [1.82, 2.24) is 14.6 Å². The molecule has 2 aromatic rings. The molecule has 0 saturated heterocycles. The van der Waals surface area contributed by atoms with Gasteiger partial charge in [-0.2, -0.15) is 10.4 Å². The first kappa shape index (κ1) is 15.6. The van der Waals surface area contributed by atoms with Gasteiger partial charge in [-0.1, -0.05) is 12.1 Å². The average molecular weight is 297 g/mol. The van der Waals surface area contributed by atoms with Crippen LogP contribution in [0, 0.1) is 11.3 Å². The van der Waals surface area contributed by atoms with E-state index in [0.717, 1.165) is 17.1 Å². The third-order valence-corrected chi connectivity index (χ3v) is 2.86. The first-order chi connectivity index (χ1) is 10.7. The van der Waals surface area contributed by atoms with Gasteiger partial charge in [0.1, 0.15) is 12.1 Å². The summed E-state index contributed by atoms with van der Waals surface area (Å²) in [6.07, 6.45) is 6.45. The molecule has 0 saturated carbocycles. The average Bonchev–Trinajstić information content (AvgIpc) is 3.04. The highest BCUT2D eigenvalue weighted by Crippen LogP contribution is 2.20. The Balaban J connectivity index is 2.30. The van der Waals surface area contributed by atoms with Crippen molar-refractivity contribution < 1.29 is 4.74 Å². The normalized spacial score (nSPS) is 11.0. The molecule has 0 aliphatic rings. The van der Waals surface area contributed by atoms with Crippen molar-refractivity contribution >= 4 is 5.84 Å². The highest BCUT2D eigenvalue weighted by Gasteiger charge is 2.13. The highest BCUT2D eigenvalue weighted by molar-refractivity contribution is 6.02. The van der Waals surface area contributed by atoms with Crippen LogP contribution >= 0.6 is 0 Å². The van der Waals surface area contributed by atoms with E-state index in [1.165, 1.54) is 0 Å². The van der Waals surface area contributed by atoms with E-state index < -0.39 is 0 Å². The minimum absolute atomic E-state index is 0.488. The molecular weight excluding hydrogens is 278 g/mol. The zero-order chi connectivity index (χ0) is 15.8. The lowest BCUT2D eigenvalue weighted by atomic mass is 10.2. The highest BCUT2D eigenvalue weighted by atomic mass is 16.5. The van der Waals surface area contributed by atoms with Crippen LogP contribution in [0.15, 0.2) is 48.1 Å². The van der Waals surface area contributed by atoms with Crippen molar-refractivity contribution in [2.75, 3.05) is 20.7 Å². The second-order valence-electron chi connectivity index (χ2n) is 4.85. The summed E-state index contributed by atoms with van der Waals surface area (Å²) in [6, 6.07) is 9.85. The molecular formula is C16H19N5O. The fourth-order valence-electron chi connectivity index (χ4n) is 1.93. The number of hydrogen-bond donors (Lipinski definition) is 0. The second kappa shape index (κ2) is 7.84. The minimum Gasteiger partial charge on any atom is -0.493 e.